The average molecular weight is 684 g/mol. The SMILES string of the molecule is COc1ccc(CN2Cc3nc(-c4c(F)cccc4F)nc(Cc4ccc(C5CCN(CCN6CCOCC6)C5=O)cc4)c3C2=O)c(OC)c1. The van der Waals surface area contributed by atoms with Crippen molar-refractivity contribution < 1.29 is 32.6 Å². The summed E-state index contributed by atoms with van der Waals surface area (Å²) in [5, 5.41) is 0. The quantitative estimate of drug-likeness (QED) is 0.222. The number of methoxy groups -OCH3 is 2. The van der Waals surface area contributed by atoms with Gasteiger partial charge in [0.25, 0.3) is 5.91 Å². The van der Waals surface area contributed by atoms with Crippen LogP contribution in [-0.2, 0) is 29.0 Å². The van der Waals surface area contributed by atoms with E-state index in [2.05, 4.69) is 14.9 Å². The molecule has 0 N–H and O–H groups in total. The number of likely N-dealkylation sites (tertiary alicyclic amines) is 1. The van der Waals surface area contributed by atoms with Crippen molar-refractivity contribution in [2.75, 3.05) is 60.2 Å². The van der Waals surface area contributed by atoms with Gasteiger partial charge in [0.15, 0.2) is 5.82 Å². The summed E-state index contributed by atoms with van der Waals surface area (Å²) >= 11 is 0. The van der Waals surface area contributed by atoms with Crippen LogP contribution >= 0.6 is 0 Å². The van der Waals surface area contributed by atoms with Crippen molar-refractivity contribution in [1.82, 2.24) is 24.7 Å². The monoisotopic (exact) mass is 683 g/mol. The molecule has 3 aromatic carbocycles. The Hall–Kier alpha value is -4.94. The first-order chi connectivity index (χ1) is 24.3. The summed E-state index contributed by atoms with van der Waals surface area (Å²) in [5.41, 5.74) is 3.30. The third kappa shape index (κ3) is 6.77. The third-order valence-corrected chi connectivity index (χ3v) is 9.78. The number of hydrogen-bond donors (Lipinski definition) is 0. The lowest BCUT2D eigenvalue weighted by Gasteiger charge is -2.28. The number of morpholine rings is 1. The van der Waals surface area contributed by atoms with Crippen LogP contribution in [0.25, 0.3) is 11.4 Å². The summed E-state index contributed by atoms with van der Waals surface area (Å²) < 4.78 is 46.2. The molecular weight excluding hydrogens is 644 g/mol. The Morgan fingerprint density at radius 3 is 2.34 bits per heavy atom. The van der Waals surface area contributed by atoms with Crippen molar-refractivity contribution >= 4 is 11.8 Å². The second-order valence-corrected chi connectivity index (χ2v) is 12.8. The number of amides is 2. The Morgan fingerprint density at radius 2 is 1.62 bits per heavy atom. The molecule has 1 unspecified atom stereocenters. The van der Waals surface area contributed by atoms with Gasteiger partial charge in [0.05, 0.1) is 69.0 Å². The summed E-state index contributed by atoms with van der Waals surface area (Å²) in [6, 6.07) is 16.7. The van der Waals surface area contributed by atoms with Gasteiger partial charge in [0, 0.05) is 50.8 Å². The molecule has 7 rings (SSSR count). The predicted octanol–water partition coefficient (Wildman–Crippen LogP) is 4.83. The maximum Gasteiger partial charge on any atom is 0.258 e. The fourth-order valence-corrected chi connectivity index (χ4v) is 7.02. The predicted molar refractivity (Wildman–Crippen MR) is 181 cm³/mol. The second-order valence-electron chi connectivity index (χ2n) is 12.8. The lowest BCUT2D eigenvalue weighted by Crippen LogP contribution is -2.42. The number of benzene rings is 3. The van der Waals surface area contributed by atoms with E-state index in [0.717, 1.165) is 74.6 Å². The zero-order valence-electron chi connectivity index (χ0n) is 28.2. The van der Waals surface area contributed by atoms with Crippen LogP contribution in [0.1, 0.15) is 50.8 Å². The number of ether oxygens (including phenoxy) is 3. The zero-order valence-corrected chi connectivity index (χ0v) is 28.2. The van der Waals surface area contributed by atoms with E-state index >= 15 is 0 Å². The molecule has 260 valence electrons. The average Bonchev–Trinajstić information content (AvgIpc) is 3.66. The number of carbonyl (C=O) groups excluding carboxylic acids is 2. The molecule has 0 spiro atoms. The van der Waals surface area contributed by atoms with Gasteiger partial charge in [-0.25, -0.2) is 18.7 Å². The molecule has 1 aromatic heterocycles. The Bertz CT molecular complexity index is 1880. The van der Waals surface area contributed by atoms with Gasteiger partial charge in [-0.15, -0.1) is 0 Å². The first-order valence-corrected chi connectivity index (χ1v) is 16.8. The molecule has 0 bridgehead atoms. The summed E-state index contributed by atoms with van der Waals surface area (Å²) in [6.07, 6.45) is 0.978. The van der Waals surface area contributed by atoms with Crippen molar-refractivity contribution in [1.29, 1.82) is 0 Å². The summed E-state index contributed by atoms with van der Waals surface area (Å²) in [4.78, 5) is 42.3. The summed E-state index contributed by atoms with van der Waals surface area (Å²) in [5.74, 6) is -0.858. The number of nitrogens with zero attached hydrogens (tertiary/aromatic N) is 5. The Morgan fingerprint density at radius 1 is 0.860 bits per heavy atom. The van der Waals surface area contributed by atoms with Crippen LogP contribution in [0.4, 0.5) is 8.78 Å². The Balaban J connectivity index is 1.13. The number of fused-ring (bicyclic) bond motifs is 1. The summed E-state index contributed by atoms with van der Waals surface area (Å²) in [7, 11) is 3.11. The highest BCUT2D eigenvalue weighted by Crippen LogP contribution is 2.34. The second kappa shape index (κ2) is 14.5. The lowest BCUT2D eigenvalue weighted by molar-refractivity contribution is -0.129. The molecule has 3 aliphatic heterocycles. The first-order valence-electron chi connectivity index (χ1n) is 16.8. The molecule has 1 atom stereocenters. The molecule has 4 heterocycles. The van der Waals surface area contributed by atoms with Gasteiger partial charge in [-0.1, -0.05) is 30.3 Å². The van der Waals surface area contributed by atoms with Crippen LogP contribution in [-0.4, -0.2) is 96.6 Å². The molecule has 0 saturated carbocycles. The van der Waals surface area contributed by atoms with Crippen LogP contribution < -0.4 is 9.47 Å². The molecule has 0 aliphatic carbocycles. The summed E-state index contributed by atoms with van der Waals surface area (Å²) in [6.45, 7) is 5.85. The van der Waals surface area contributed by atoms with Crippen LogP contribution in [0.15, 0.2) is 60.7 Å². The normalized spacial score (nSPS) is 17.8. The van der Waals surface area contributed by atoms with E-state index < -0.39 is 11.6 Å². The van der Waals surface area contributed by atoms with Crippen molar-refractivity contribution in [2.45, 2.75) is 31.8 Å². The Kier molecular flexibility index (Phi) is 9.73. The van der Waals surface area contributed by atoms with E-state index in [-0.39, 0.29) is 48.6 Å². The standard InChI is InChI=1S/C38H39F2N5O5/c1-48-27-11-10-26(33(21-27)49-2)22-45-23-32-35(38(45)47)31(41-36(42-32)34-29(39)4-3-5-30(34)40)20-24-6-8-25(9-7-24)28-12-13-44(37(28)46)15-14-43-16-18-50-19-17-43/h3-11,21,28H,12-20,22-23H2,1-2H3. The fraction of sp³-hybridized carbons (Fsp3) is 0.368. The van der Waals surface area contributed by atoms with E-state index in [0.29, 0.717) is 35.0 Å². The van der Waals surface area contributed by atoms with Gasteiger partial charge in [0.1, 0.15) is 23.1 Å². The number of carbonyl (C=O) groups is 2. The van der Waals surface area contributed by atoms with Crippen LogP contribution in [0.3, 0.4) is 0 Å². The number of aromatic nitrogens is 2. The van der Waals surface area contributed by atoms with Gasteiger partial charge < -0.3 is 24.0 Å². The van der Waals surface area contributed by atoms with Gasteiger partial charge in [0.2, 0.25) is 5.91 Å². The maximum atomic E-state index is 15.0. The van der Waals surface area contributed by atoms with Crippen molar-refractivity contribution in [3.8, 4) is 22.9 Å². The molecule has 50 heavy (non-hydrogen) atoms. The van der Waals surface area contributed by atoms with Gasteiger partial charge in [-0.3, -0.25) is 14.5 Å². The number of hydrogen-bond acceptors (Lipinski definition) is 8. The first kappa shape index (κ1) is 33.6. The minimum Gasteiger partial charge on any atom is -0.497 e. The molecule has 0 radical (unpaired) electrons. The zero-order chi connectivity index (χ0) is 34.8. The molecule has 12 heteroatoms. The molecule has 4 aromatic rings. The number of rotatable bonds is 11. The highest BCUT2D eigenvalue weighted by Gasteiger charge is 2.35. The molecule has 2 amide bonds. The van der Waals surface area contributed by atoms with E-state index in [4.69, 9.17) is 14.2 Å². The van der Waals surface area contributed by atoms with Crippen molar-refractivity contribution in [3.63, 3.8) is 0 Å². The Labute approximate surface area is 289 Å². The molecular formula is C38H39F2N5O5. The molecule has 3 aliphatic rings. The highest BCUT2D eigenvalue weighted by molar-refractivity contribution is 5.99. The van der Waals surface area contributed by atoms with E-state index in [1.807, 2.05) is 35.2 Å². The van der Waals surface area contributed by atoms with Gasteiger partial charge in [-0.2, -0.15) is 0 Å². The van der Waals surface area contributed by atoms with Crippen LogP contribution in [0.2, 0.25) is 0 Å². The van der Waals surface area contributed by atoms with Crippen LogP contribution in [0.5, 0.6) is 11.5 Å². The molecule has 10 nitrogen and oxygen atoms in total. The van der Waals surface area contributed by atoms with Gasteiger partial charge >= 0.3 is 0 Å². The molecule has 2 saturated heterocycles. The van der Waals surface area contributed by atoms with Crippen molar-refractivity contribution in [2.24, 2.45) is 0 Å². The van der Waals surface area contributed by atoms with Crippen molar-refractivity contribution in [3.05, 3.63) is 106 Å². The topological polar surface area (TPSA) is 97.3 Å². The number of halogens is 2. The van der Waals surface area contributed by atoms with E-state index in [9.17, 15) is 18.4 Å². The van der Waals surface area contributed by atoms with Crippen LogP contribution in [0, 0.1) is 11.6 Å². The fourth-order valence-electron chi connectivity index (χ4n) is 7.02. The van der Waals surface area contributed by atoms with E-state index in [1.54, 1.807) is 31.3 Å². The molecule has 2 fully saturated rings. The highest BCUT2D eigenvalue weighted by atomic mass is 19.1. The van der Waals surface area contributed by atoms with E-state index in [1.165, 1.54) is 6.07 Å². The minimum atomic E-state index is -0.787. The largest absolute Gasteiger partial charge is 0.497 e. The smallest absolute Gasteiger partial charge is 0.258 e. The lowest BCUT2D eigenvalue weighted by atomic mass is 9.95. The van der Waals surface area contributed by atoms with Gasteiger partial charge in [-0.05, 0) is 41.8 Å². The third-order valence-electron chi connectivity index (χ3n) is 9.78. The minimum absolute atomic E-state index is 0.114. The maximum absolute atomic E-state index is 15.0.